The minimum atomic E-state index is 0. The largest absolute Gasteiger partial charge is 0.382 e. The summed E-state index contributed by atoms with van der Waals surface area (Å²) in [6, 6.07) is 7.30. The Kier molecular flexibility index (Phi) is 11.2. The van der Waals surface area contributed by atoms with E-state index >= 15 is 0 Å². The van der Waals surface area contributed by atoms with Gasteiger partial charge >= 0.3 is 0 Å². The second-order valence-corrected chi connectivity index (χ2v) is 5.36. The monoisotopic (exact) mass is 325 g/mol. The van der Waals surface area contributed by atoms with E-state index < -0.39 is 0 Å². The van der Waals surface area contributed by atoms with E-state index in [-0.39, 0.29) is 14.9 Å². The number of nitrogens with zero attached hydrogens (tertiary/aromatic N) is 4. The molecule has 2 heterocycles. The topological polar surface area (TPSA) is 77.6 Å². The number of halogens is 1. The van der Waals surface area contributed by atoms with Crippen LogP contribution < -0.4 is 5.73 Å². The second-order valence-electron chi connectivity index (χ2n) is 4.97. The molecule has 5 nitrogen and oxygen atoms in total. The molecule has 0 unspecified atom stereocenters. The van der Waals surface area contributed by atoms with Crippen molar-refractivity contribution < 1.29 is 0 Å². The number of hydrogen-bond acceptors (Lipinski definition) is 5. The van der Waals surface area contributed by atoms with Gasteiger partial charge in [0, 0.05) is 0 Å². The molecule has 0 aliphatic heterocycles. The Balaban J connectivity index is 0. The fraction of sp³-hybridized carbons (Fsp3) is 0.500. The zero-order chi connectivity index (χ0) is 15.1. The van der Waals surface area contributed by atoms with Gasteiger partial charge in [-0.2, -0.15) is 10.2 Å². The van der Waals surface area contributed by atoms with Gasteiger partial charge in [-0.25, -0.2) is 0 Å². The molecule has 0 atom stereocenters. The molecule has 6 heteroatoms. The number of hydrogen-bond donors (Lipinski definition) is 1. The van der Waals surface area contributed by atoms with E-state index in [0.717, 1.165) is 11.4 Å². The Morgan fingerprint density at radius 2 is 1.23 bits per heavy atom. The van der Waals surface area contributed by atoms with E-state index in [1.165, 1.54) is 0 Å². The van der Waals surface area contributed by atoms with Crippen molar-refractivity contribution in [2.45, 2.75) is 54.4 Å². The lowest BCUT2D eigenvalue weighted by atomic mass is 10.1. The van der Waals surface area contributed by atoms with Gasteiger partial charge in [0.25, 0.3) is 0 Å². The molecule has 0 aliphatic carbocycles. The molecule has 2 N–H and O–H groups in total. The number of nitrogens with two attached hydrogens (primary N) is 1. The minimum absolute atomic E-state index is 0. The van der Waals surface area contributed by atoms with Gasteiger partial charge in [0.15, 0.2) is 5.15 Å². The maximum Gasteiger partial charge on any atom is 0.151 e. The predicted octanol–water partition coefficient (Wildman–Crippen LogP) is 4.71. The smallest absolute Gasteiger partial charge is 0.151 e. The second kappa shape index (κ2) is 10.9. The average Bonchev–Trinajstić information content (AvgIpc) is 2.40. The van der Waals surface area contributed by atoms with Crippen molar-refractivity contribution in [3.8, 4) is 0 Å². The quantitative estimate of drug-likeness (QED) is 0.865. The molecule has 0 fully saturated rings. The third kappa shape index (κ3) is 7.88. The van der Waals surface area contributed by atoms with Crippen molar-refractivity contribution in [3.63, 3.8) is 0 Å². The summed E-state index contributed by atoms with van der Waals surface area (Å²) in [6.45, 7) is 8.27. The summed E-state index contributed by atoms with van der Waals surface area (Å²) >= 11 is 5.54. The van der Waals surface area contributed by atoms with Crippen LogP contribution in [0.1, 0.15) is 65.8 Å². The van der Waals surface area contributed by atoms with Gasteiger partial charge in [-0.3, -0.25) is 0 Å². The summed E-state index contributed by atoms with van der Waals surface area (Å²) in [4.78, 5) is 0. The Hall–Kier alpha value is -1.75. The van der Waals surface area contributed by atoms with Crippen LogP contribution >= 0.6 is 11.6 Å². The average molecular weight is 326 g/mol. The van der Waals surface area contributed by atoms with Crippen molar-refractivity contribution >= 4 is 17.4 Å². The first-order valence-corrected chi connectivity index (χ1v) is 6.86. The normalized spacial score (nSPS) is 9.41. The van der Waals surface area contributed by atoms with Crippen LogP contribution in [0.2, 0.25) is 5.15 Å². The van der Waals surface area contributed by atoms with E-state index in [9.17, 15) is 0 Å². The maximum absolute atomic E-state index is 5.54. The van der Waals surface area contributed by atoms with Gasteiger partial charge < -0.3 is 5.73 Å². The van der Waals surface area contributed by atoms with Crippen LogP contribution in [0.25, 0.3) is 0 Å². The van der Waals surface area contributed by atoms with Crippen molar-refractivity contribution in [2.24, 2.45) is 0 Å². The van der Waals surface area contributed by atoms with E-state index in [2.05, 4.69) is 48.1 Å². The number of anilines is 1. The van der Waals surface area contributed by atoms with Crippen molar-refractivity contribution in [1.29, 1.82) is 0 Å². The molecule has 0 amide bonds. The molecular weight excluding hydrogens is 298 g/mol. The molecule has 0 bridgehead atoms. The van der Waals surface area contributed by atoms with Gasteiger partial charge in [0.2, 0.25) is 0 Å². The highest BCUT2D eigenvalue weighted by Gasteiger charge is 1.99. The predicted molar refractivity (Wildman–Crippen MR) is 95.1 cm³/mol. The summed E-state index contributed by atoms with van der Waals surface area (Å²) in [5, 5.41) is 15.7. The summed E-state index contributed by atoms with van der Waals surface area (Å²) in [6.07, 6.45) is 0. The number of nitrogen functional groups attached to an aromatic ring is 1. The SMILES string of the molecule is C.C.CC(C)c1ccc(Cl)nn1.CC(C)c1ccc(N)nn1. The van der Waals surface area contributed by atoms with Crippen LogP contribution in [-0.2, 0) is 0 Å². The van der Waals surface area contributed by atoms with Crippen molar-refractivity contribution in [3.05, 3.63) is 40.8 Å². The Labute approximate surface area is 139 Å². The fourth-order valence-corrected chi connectivity index (χ4v) is 1.40. The zero-order valence-corrected chi connectivity index (χ0v) is 13.0. The molecule has 0 radical (unpaired) electrons. The van der Waals surface area contributed by atoms with E-state index in [1.807, 2.05) is 12.1 Å². The van der Waals surface area contributed by atoms with E-state index in [4.69, 9.17) is 17.3 Å². The lowest BCUT2D eigenvalue weighted by Gasteiger charge is -2.00. The van der Waals surface area contributed by atoms with Gasteiger partial charge in [0.05, 0.1) is 11.4 Å². The summed E-state index contributed by atoms with van der Waals surface area (Å²) < 4.78 is 0. The molecule has 0 aromatic carbocycles. The van der Waals surface area contributed by atoms with Crippen LogP contribution in [0.3, 0.4) is 0 Å². The Morgan fingerprint density at radius 3 is 1.55 bits per heavy atom. The fourth-order valence-electron chi connectivity index (χ4n) is 1.30. The first-order chi connectivity index (χ1) is 9.40. The highest BCUT2D eigenvalue weighted by Crippen LogP contribution is 2.11. The van der Waals surface area contributed by atoms with E-state index in [0.29, 0.717) is 22.8 Å². The van der Waals surface area contributed by atoms with E-state index in [1.54, 1.807) is 12.1 Å². The standard InChI is InChI=1S/C7H9ClN2.C7H11N3.2CH4/c2*1-5(2)6-3-4-7(8)10-9-6;;/h3-5H,1-2H3;3-5H,1-2H3,(H2,8,10);2*1H4. The first-order valence-electron chi connectivity index (χ1n) is 6.48. The molecule has 0 saturated carbocycles. The highest BCUT2D eigenvalue weighted by atomic mass is 35.5. The third-order valence-corrected chi connectivity index (χ3v) is 2.74. The van der Waals surface area contributed by atoms with Crippen LogP contribution in [0.4, 0.5) is 5.82 Å². The number of aromatic nitrogens is 4. The van der Waals surface area contributed by atoms with Gasteiger partial charge in [-0.15, -0.1) is 10.2 Å². The minimum Gasteiger partial charge on any atom is -0.382 e. The Bertz CT molecular complexity index is 460. The summed E-state index contributed by atoms with van der Waals surface area (Å²) in [5.41, 5.74) is 7.31. The van der Waals surface area contributed by atoms with Crippen molar-refractivity contribution in [2.75, 3.05) is 5.73 Å². The maximum atomic E-state index is 5.54. The van der Waals surface area contributed by atoms with Crippen LogP contribution in [-0.4, -0.2) is 20.4 Å². The van der Waals surface area contributed by atoms with Crippen LogP contribution in [0, 0.1) is 0 Å². The molecule has 124 valence electrons. The molecule has 22 heavy (non-hydrogen) atoms. The zero-order valence-electron chi connectivity index (χ0n) is 12.2. The van der Waals surface area contributed by atoms with Gasteiger partial charge in [-0.05, 0) is 36.1 Å². The van der Waals surface area contributed by atoms with Gasteiger partial charge in [0.1, 0.15) is 5.82 Å². The highest BCUT2D eigenvalue weighted by molar-refractivity contribution is 6.29. The van der Waals surface area contributed by atoms with Crippen molar-refractivity contribution in [1.82, 2.24) is 20.4 Å². The molecule has 2 rings (SSSR count). The molecule has 2 aromatic heterocycles. The molecule has 2 aromatic rings. The van der Waals surface area contributed by atoms with Crippen LogP contribution in [0.15, 0.2) is 24.3 Å². The lowest BCUT2D eigenvalue weighted by Crippen LogP contribution is -1.97. The molecule has 0 saturated heterocycles. The summed E-state index contributed by atoms with van der Waals surface area (Å²) in [7, 11) is 0. The lowest BCUT2D eigenvalue weighted by molar-refractivity contribution is 0.785. The Morgan fingerprint density at radius 1 is 0.773 bits per heavy atom. The molecular formula is C16H28ClN5. The van der Waals surface area contributed by atoms with Crippen LogP contribution in [0.5, 0.6) is 0 Å². The molecule has 0 spiro atoms. The van der Waals surface area contributed by atoms with Gasteiger partial charge in [-0.1, -0.05) is 54.1 Å². The summed E-state index contributed by atoms with van der Waals surface area (Å²) in [5.74, 6) is 1.32. The first kappa shape index (κ1) is 22.5. The number of rotatable bonds is 2. The molecule has 0 aliphatic rings. The third-order valence-electron chi connectivity index (χ3n) is 2.54.